The average Bonchev–Trinajstić information content (AvgIpc) is 3.39. The second-order valence-electron chi connectivity index (χ2n) is 18.4. The van der Waals surface area contributed by atoms with E-state index < -0.39 is 6.10 Å². The highest BCUT2D eigenvalue weighted by molar-refractivity contribution is 5.71. The molecular weight excluding hydrogens is 901 g/mol. The van der Waals surface area contributed by atoms with E-state index in [2.05, 4.69) is 179 Å². The van der Waals surface area contributed by atoms with E-state index in [0.717, 1.165) is 135 Å². The summed E-state index contributed by atoms with van der Waals surface area (Å²) >= 11 is 0. The van der Waals surface area contributed by atoms with Crippen LogP contribution in [0.4, 0.5) is 0 Å². The average molecular weight is 1010 g/mol. The van der Waals surface area contributed by atoms with Crippen LogP contribution in [0.15, 0.2) is 158 Å². The molecule has 0 spiro atoms. The normalized spacial score (nSPS) is 12.9. The molecule has 0 atom stereocenters. The van der Waals surface area contributed by atoms with Gasteiger partial charge in [-0.1, -0.05) is 224 Å². The summed E-state index contributed by atoms with van der Waals surface area (Å²) in [6.07, 6.45) is 86.7. The quantitative estimate of drug-likeness (QED) is 0.0261. The summed E-state index contributed by atoms with van der Waals surface area (Å²) in [6.45, 7) is 6.29. The highest BCUT2D eigenvalue weighted by Gasteiger charge is 2.19. The lowest BCUT2D eigenvalue weighted by molar-refractivity contribution is -0.167. The monoisotopic (exact) mass is 1000 g/mol. The number of carbonyl (C=O) groups is 3. The van der Waals surface area contributed by atoms with Crippen molar-refractivity contribution in [2.75, 3.05) is 13.2 Å². The number of esters is 3. The summed E-state index contributed by atoms with van der Waals surface area (Å²) in [6, 6.07) is 0. The van der Waals surface area contributed by atoms with E-state index in [9.17, 15) is 14.4 Å². The molecule has 0 saturated heterocycles. The summed E-state index contributed by atoms with van der Waals surface area (Å²) in [7, 11) is 0. The molecule has 6 heteroatoms. The topological polar surface area (TPSA) is 78.9 Å². The maximum absolute atomic E-state index is 12.8. The molecule has 0 N–H and O–H groups in total. The second-order valence-corrected chi connectivity index (χ2v) is 18.4. The summed E-state index contributed by atoms with van der Waals surface area (Å²) < 4.78 is 16.8. The van der Waals surface area contributed by atoms with Gasteiger partial charge in [-0.25, -0.2) is 0 Å². The lowest BCUT2D eigenvalue weighted by atomic mass is 10.1. The Morgan fingerprint density at radius 3 is 0.877 bits per heavy atom. The fraction of sp³-hybridized carbons (Fsp3) is 0.567. The molecule has 0 fully saturated rings. The van der Waals surface area contributed by atoms with Crippen LogP contribution in [0, 0.1) is 0 Å². The van der Waals surface area contributed by atoms with Gasteiger partial charge in [0.15, 0.2) is 6.10 Å². The van der Waals surface area contributed by atoms with Gasteiger partial charge in [0.2, 0.25) is 0 Å². The van der Waals surface area contributed by atoms with Crippen molar-refractivity contribution in [3.05, 3.63) is 158 Å². The maximum Gasteiger partial charge on any atom is 0.306 e. The van der Waals surface area contributed by atoms with Gasteiger partial charge in [0.25, 0.3) is 0 Å². The fourth-order valence-electron chi connectivity index (χ4n) is 7.22. The number of rotatable bonds is 50. The Morgan fingerprint density at radius 1 is 0.288 bits per heavy atom. The Bertz CT molecular complexity index is 1590. The van der Waals surface area contributed by atoms with E-state index in [-0.39, 0.29) is 37.5 Å². The molecule has 73 heavy (non-hydrogen) atoms. The van der Waals surface area contributed by atoms with Crippen LogP contribution in [0.2, 0.25) is 0 Å². The molecule has 0 aliphatic heterocycles. The first-order chi connectivity index (χ1) is 36.0. The minimum Gasteiger partial charge on any atom is -0.462 e. The van der Waals surface area contributed by atoms with Gasteiger partial charge >= 0.3 is 17.9 Å². The van der Waals surface area contributed by atoms with Gasteiger partial charge in [-0.05, 0) is 141 Å². The molecule has 0 aromatic heterocycles. The molecule has 0 bridgehead atoms. The van der Waals surface area contributed by atoms with Gasteiger partial charge < -0.3 is 14.2 Å². The number of unbranched alkanes of at least 4 members (excludes halogenated alkanes) is 13. The number of ether oxygens (including phenoxy) is 3. The lowest BCUT2D eigenvalue weighted by Crippen LogP contribution is -2.30. The van der Waals surface area contributed by atoms with Gasteiger partial charge in [0, 0.05) is 19.3 Å². The molecule has 0 aliphatic rings. The Labute approximate surface area is 448 Å². The molecule has 0 rings (SSSR count). The molecule has 0 radical (unpaired) electrons. The van der Waals surface area contributed by atoms with Crippen molar-refractivity contribution in [2.24, 2.45) is 0 Å². The molecular formula is C67H104O6. The first kappa shape index (κ1) is 68.0. The van der Waals surface area contributed by atoms with E-state index >= 15 is 0 Å². The Kier molecular flexibility index (Phi) is 55.5. The first-order valence-electron chi connectivity index (χ1n) is 29.0. The van der Waals surface area contributed by atoms with Crippen molar-refractivity contribution < 1.29 is 28.6 Å². The van der Waals surface area contributed by atoms with Crippen molar-refractivity contribution in [2.45, 2.75) is 232 Å². The van der Waals surface area contributed by atoms with Crippen LogP contribution in [-0.4, -0.2) is 37.2 Å². The second kappa shape index (κ2) is 59.6. The SMILES string of the molecule is CC/C=C\C/C=C\C/C=C\C/C=C\C/C=C\CCCCCC(=O)OCC(COC(=O)CCCCC/C=C\C/C=C\C/C=C\C/C=C\C/C=C\CC)OC(=O)CCC/C=C\C/C=C\C/C=C\CCCCCCCC. The molecule has 0 aromatic rings. The molecule has 0 aromatic carbocycles. The smallest absolute Gasteiger partial charge is 0.306 e. The summed E-state index contributed by atoms with van der Waals surface area (Å²) in [5.74, 6) is -1.06. The van der Waals surface area contributed by atoms with Gasteiger partial charge in [0.1, 0.15) is 13.2 Å². The highest BCUT2D eigenvalue weighted by Crippen LogP contribution is 2.11. The molecule has 6 nitrogen and oxygen atoms in total. The number of hydrogen-bond acceptors (Lipinski definition) is 6. The van der Waals surface area contributed by atoms with Gasteiger partial charge in [-0.3, -0.25) is 14.4 Å². The Balaban J connectivity index is 4.62. The van der Waals surface area contributed by atoms with Gasteiger partial charge in [-0.2, -0.15) is 0 Å². The van der Waals surface area contributed by atoms with Crippen molar-refractivity contribution in [1.82, 2.24) is 0 Å². The van der Waals surface area contributed by atoms with Crippen molar-refractivity contribution in [1.29, 1.82) is 0 Å². The van der Waals surface area contributed by atoms with Crippen LogP contribution >= 0.6 is 0 Å². The minimum absolute atomic E-state index is 0.133. The number of hydrogen-bond donors (Lipinski definition) is 0. The van der Waals surface area contributed by atoms with Crippen molar-refractivity contribution in [3.8, 4) is 0 Å². The third kappa shape index (κ3) is 57.8. The van der Waals surface area contributed by atoms with Crippen LogP contribution in [-0.2, 0) is 28.6 Å². The van der Waals surface area contributed by atoms with Gasteiger partial charge in [-0.15, -0.1) is 0 Å². The number of carbonyl (C=O) groups excluding carboxylic acids is 3. The number of allylic oxidation sites excluding steroid dienone is 26. The van der Waals surface area contributed by atoms with Crippen LogP contribution in [0.3, 0.4) is 0 Å². The van der Waals surface area contributed by atoms with E-state index in [1.165, 1.54) is 44.9 Å². The molecule has 0 saturated carbocycles. The van der Waals surface area contributed by atoms with E-state index in [0.29, 0.717) is 19.3 Å². The summed E-state index contributed by atoms with van der Waals surface area (Å²) in [5, 5.41) is 0. The standard InChI is InChI=1S/C67H104O6/c1-4-7-10-13-16-19-22-25-28-31-33-36-38-41-44-47-50-53-56-59-65(68)71-62-64(73-67(70)61-58-55-52-49-46-43-40-35-30-27-24-21-18-15-12-9-6-3)63-72-66(69)60-57-54-51-48-45-42-39-37-34-32-29-26-23-20-17-14-11-8-5-2/h7-8,10-11,16-17,19-20,25-30,33-34,36-37,40-45,49,52,64H,4-6,9,12-15,18,21-24,31-32,35,38-39,46-48,50-51,53-63H2,1-3H3/b10-7-,11-8-,19-16-,20-17-,28-25-,29-26-,30-27-,36-33-,37-34-,43-40-,44-41-,45-42-,52-49-. The van der Waals surface area contributed by atoms with E-state index in [4.69, 9.17) is 14.2 Å². The third-order valence-corrected chi connectivity index (χ3v) is 11.5. The lowest BCUT2D eigenvalue weighted by Gasteiger charge is -2.18. The maximum atomic E-state index is 12.8. The van der Waals surface area contributed by atoms with Crippen LogP contribution in [0.25, 0.3) is 0 Å². The Morgan fingerprint density at radius 2 is 0.548 bits per heavy atom. The Hall–Kier alpha value is -4.97. The summed E-state index contributed by atoms with van der Waals surface area (Å²) in [5.41, 5.74) is 0. The van der Waals surface area contributed by atoms with Crippen LogP contribution < -0.4 is 0 Å². The molecule has 0 unspecified atom stereocenters. The molecule has 0 amide bonds. The molecule has 0 heterocycles. The largest absolute Gasteiger partial charge is 0.462 e. The summed E-state index contributed by atoms with van der Waals surface area (Å²) in [4.78, 5) is 38.2. The highest BCUT2D eigenvalue weighted by atomic mass is 16.6. The third-order valence-electron chi connectivity index (χ3n) is 11.5. The van der Waals surface area contributed by atoms with E-state index in [1.54, 1.807) is 0 Å². The van der Waals surface area contributed by atoms with Crippen LogP contribution in [0.1, 0.15) is 226 Å². The van der Waals surface area contributed by atoms with Gasteiger partial charge in [0.05, 0.1) is 0 Å². The predicted molar refractivity (Wildman–Crippen MR) is 315 cm³/mol. The minimum atomic E-state index is -0.841. The zero-order valence-corrected chi connectivity index (χ0v) is 46.6. The molecule has 0 aliphatic carbocycles. The zero-order valence-electron chi connectivity index (χ0n) is 46.6. The van der Waals surface area contributed by atoms with Crippen molar-refractivity contribution in [3.63, 3.8) is 0 Å². The predicted octanol–water partition coefficient (Wildman–Crippen LogP) is 19.8. The van der Waals surface area contributed by atoms with E-state index in [1.807, 2.05) is 0 Å². The fourth-order valence-corrected chi connectivity index (χ4v) is 7.22. The first-order valence-corrected chi connectivity index (χ1v) is 29.0. The van der Waals surface area contributed by atoms with Crippen molar-refractivity contribution >= 4 is 17.9 Å². The van der Waals surface area contributed by atoms with Crippen LogP contribution in [0.5, 0.6) is 0 Å². The zero-order chi connectivity index (χ0) is 52.9. The molecule has 408 valence electrons.